The summed E-state index contributed by atoms with van der Waals surface area (Å²) in [7, 11) is 0. The molecule has 2 rings (SSSR count). The Labute approximate surface area is 81.7 Å². The van der Waals surface area contributed by atoms with Crippen molar-refractivity contribution < 1.29 is 19.7 Å². The van der Waals surface area contributed by atoms with Crippen molar-refractivity contribution in [3.05, 3.63) is 23.8 Å². The predicted molar refractivity (Wildman–Crippen MR) is 49.0 cm³/mol. The number of hydrogen-bond donors (Lipinski definition) is 2. The van der Waals surface area contributed by atoms with Crippen molar-refractivity contribution in [2.75, 3.05) is 0 Å². The van der Waals surface area contributed by atoms with Crippen LogP contribution in [0.1, 0.15) is 25.3 Å². The second-order valence-corrected chi connectivity index (χ2v) is 3.61. The van der Waals surface area contributed by atoms with Gasteiger partial charge in [0, 0.05) is 0 Å². The summed E-state index contributed by atoms with van der Waals surface area (Å²) >= 11 is 0. The van der Waals surface area contributed by atoms with Crippen LogP contribution in [-0.4, -0.2) is 16.4 Å². The van der Waals surface area contributed by atoms with Gasteiger partial charge in [-0.3, -0.25) is 10.2 Å². The molecule has 1 aromatic rings. The molecule has 76 valence electrons. The first-order chi connectivity index (χ1) is 6.48. The molecule has 1 aliphatic rings. The zero-order valence-corrected chi connectivity index (χ0v) is 8.02. The quantitative estimate of drug-likeness (QED) is 0.662. The van der Waals surface area contributed by atoms with E-state index in [-0.39, 0.29) is 0 Å². The SMILES string of the molecule is CC(C)c1ccc2c(c1)OC(O)(O)O2. The van der Waals surface area contributed by atoms with Crippen LogP contribution >= 0.6 is 0 Å². The lowest BCUT2D eigenvalue weighted by atomic mass is 10.0. The van der Waals surface area contributed by atoms with Crippen molar-refractivity contribution in [3.8, 4) is 11.5 Å². The van der Waals surface area contributed by atoms with Crippen LogP contribution in [0.15, 0.2) is 18.2 Å². The largest absolute Gasteiger partial charge is 0.505 e. The predicted octanol–water partition coefficient (Wildman–Crippen LogP) is 1.18. The van der Waals surface area contributed by atoms with Crippen molar-refractivity contribution in [1.82, 2.24) is 0 Å². The Morgan fingerprint density at radius 1 is 1.14 bits per heavy atom. The highest BCUT2D eigenvalue weighted by atomic mass is 17.0. The fraction of sp³-hybridized carbons (Fsp3) is 0.400. The van der Waals surface area contributed by atoms with Crippen molar-refractivity contribution in [2.45, 2.75) is 25.9 Å². The molecule has 1 heterocycles. The molecule has 1 aliphatic heterocycles. The summed E-state index contributed by atoms with van der Waals surface area (Å²) in [6, 6.07) is 5.28. The van der Waals surface area contributed by atoms with Gasteiger partial charge in [0.15, 0.2) is 11.5 Å². The first kappa shape index (κ1) is 9.30. The van der Waals surface area contributed by atoms with Crippen LogP contribution in [0.25, 0.3) is 0 Å². The van der Waals surface area contributed by atoms with E-state index in [4.69, 9.17) is 19.7 Å². The zero-order valence-electron chi connectivity index (χ0n) is 8.02. The van der Waals surface area contributed by atoms with Gasteiger partial charge in [-0.1, -0.05) is 19.9 Å². The summed E-state index contributed by atoms with van der Waals surface area (Å²) < 4.78 is 9.49. The molecule has 0 aromatic heterocycles. The van der Waals surface area contributed by atoms with Crippen LogP contribution in [0.4, 0.5) is 0 Å². The van der Waals surface area contributed by atoms with E-state index in [1.54, 1.807) is 12.1 Å². The van der Waals surface area contributed by atoms with E-state index in [1.165, 1.54) is 0 Å². The lowest BCUT2D eigenvalue weighted by molar-refractivity contribution is -0.385. The van der Waals surface area contributed by atoms with Gasteiger partial charge in [0.2, 0.25) is 0 Å². The van der Waals surface area contributed by atoms with Crippen molar-refractivity contribution >= 4 is 0 Å². The van der Waals surface area contributed by atoms with E-state index in [1.807, 2.05) is 19.9 Å². The number of fused-ring (bicyclic) bond motifs is 1. The topological polar surface area (TPSA) is 58.9 Å². The van der Waals surface area contributed by atoms with Crippen molar-refractivity contribution in [3.63, 3.8) is 0 Å². The minimum Gasteiger partial charge on any atom is -0.403 e. The molecule has 2 N–H and O–H groups in total. The van der Waals surface area contributed by atoms with Crippen LogP contribution < -0.4 is 9.47 Å². The minimum atomic E-state index is -2.52. The Morgan fingerprint density at radius 3 is 2.43 bits per heavy atom. The summed E-state index contributed by atoms with van der Waals surface area (Å²) in [6.07, 6.45) is -2.52. The summed E-state index contributed by atoms with van der Waals surface area (Å²) in [5.41, 5.74) is 1.06. The van der Waals surface area contributed by atoms with Crippen LogP contribution in [0.3, 0.4) is 0 Å². The average molecular weight is 196 g/mol. The van der Waals surface area contributed by atoms with E-state index >= 15 is 0 Å². The van der Waals surface area contributed by atoms with Gasteiger partial charge in [-0.2, -0.15) is 0 Å². The molecule has 0 spiro atoms. The normalized spacial score (nSPS) is 17.5. The van der Waals surface area contributed by atoms with Gasteiger partial charge in [0.05, 0.1) is 0 Å². The summed E-state index contributed by atoms with van der Waals surface area (Å²) in [5.74, 6) is 1.07. The van der Waals surface area contributed by atoms with Crippen LogP contribution in [-0.2, 0) is 0 Å². The monoisotopic (exact) mass is 196 g/mol. The number of hydrogen-bond acceptors (Lipinski definition) is 4. The first-order valence-corrected chi connectivity index (χ1v) is 4.45. The smallest absolute Gasteiger partial charge is 0.403 e. The van der Waals surface area contributed by atoms with Crippen molar-refractivity contribution in [2.24, 2.45) is 0 Å². The van der Waals surface area contributed by atoms with E-state index in [2.05, 4.69) is 0 Å². The fourth-order valence-corrected chi connectivity index (χ4v) is 1.36. The first-order valence-electron chi connectivity index (χ1n) is 4.45. The highest BCUT2D eigenvalue weighted by molar-refractivity contribution is 5.45. The molecular weight excluding hydrogens is 184 g/mol. The molecular formula is C10H12O4. The second kappa shape index (κ2) is 2.87. The Kier molecular flexibility index (Phi) is 1.90. The van der Waals surface area contributed by atoms with Gasteiger partial charge >= 0.3 is 6.16 Å². The summed E-state index contributed by atoms with van der Waals surface area (Å²) in [6.45, 7) is 4.09. The lowest BCUT2D eigenvalue weighted by Gasteiger charge is -2.10. The number of ether oxygens (including phenoxy) is 2. The Bertz CT molecular complexity index is 357. The van der Waals surface area contributed by atoms with Crippen LogP contribution in [0.5, 0.6) is 11.5 Å². The second-order valence-electron chi connectivity index (χ2n) is 3.61. The van der Waals surface area contributed by atoms with Crippen molar-refractivity contribution in [1.29, 1.82) is 0 Å². The third-order valence-electron chi connectivity index (χ3n) is 2.12. The van der Waals surface area contributed by atoms with Gasteiger partial charge in [-0.05, 0) is 23.6 Å². The maximum Gasteiger partial charge on any atom is 0.505 e. The minimum absolute atomic E-state index is 0.347. The van der Waals surface area contributed by atoms with Gasteiger partial charge in [0.25, 0.3) is 0 Å². The van der Waals surface area contributed by atoms with Gasteiger partial charge < -0.3 is 9.47 Å². The molecule has 0 amide bonds. The summed E-state index contributed by atoms with van der Waals surface area (Å²) in [4.78, 5) is 0. The molecule has 0 atom stereocenters. The number of rotatable bonds is 1. The van der Waals surface area contributed by atoms with Gasteiger partial charge in [0.1, 0.15) is 0 Å². The molecule has 4 heteroatoms. The molecule has 0 bridgehead atoms. The highest BCUT2D eigenvalue weighted by Gasteiger charge is 2.38. The molecule has 0 radical (unpaired) electrons. The third kappa shape index (κ3) is 1.54. The van der Waals surface area contributed by atoms with Gasteiger partial charge in [-0.25, -0.2) is 0 Å². The average Bonchev–Trinajstić information content (AvgIpc) is 2.36. The Morgan fingerprint density at radius 2 is 1.79 bits per heavy atom. The van der Waals surface area contributed by atoms with Crippen LogP contribution in [0, 0.1) is 0 Å². The fourth-order valence-electron chi connectivity index (χ4n) is 1.36. The Balaban J connectivity index is 2.36. The molecule has 4 nitrogen and oxygen atoms in total. The van der Waals surface area contributed by atoms with Crippen LogP contribution in [0.2, 0.25) is 0 Å². The van der Waals surface area contributed by atoms with E-state index in [0.717, 1.165) is 5.56 Å². The number of benzene rings is 1. The standard InChI is InChI=1S/C10H12O4/c1-6(2)7-3-4-8-9(5-7)14-10(11,12)13-8/h3-6,11-12H,1-2H3. The molecule has 1 aromatic carbocycles. The maximum absolute atomic E-state index is 9.06. The molecule has 0 unspecified atom stereocenters. The molecule has 0 fully saturated rings. The molecule has 14 heavy (non-hydrogen) atoms. The van der Waals surface area contributed by atoms with E-state index in [0.29, 0.717) is 17.4 Å². The molecule has 0 saturated carbocycles. The summed E-state index contributed by atoms with van der Waals surface area (Å²) in [5, 5.41) is 18.1. The lowest BCUT2D eigenvalue weighted by Crippen LogP contribution is -2.37. The van der Waals surface area contributed by atoms with E-state index in [9.17, 15) is 0 Å². The zero-order chi connectivity index (χ0) is 10.3. The third-order valence-corrected chi connectivity index (χ3v) is 2.12. The molecule has 0 saturated heterocycles. The maximum atomic E-state index is 9.06. The number of aliphatic hydroxyl groups is 2. The van der Waals surface area contributed by atoms with Gasteiger partial charge in [-0.15, -0.1) is 0 Å². The highest BCUT2D eigenvalue weighted by Crippen LogP contribution is 2.38. The van der Waals surface area contributed by atoms with E-state index < -0.39 is 6.16 Å². The molecule has 0 aliphatic carbocycles. The Hall–Kier alpha value is -1.26.